The van der Waals surface area contributed by atoms with Gasteiger partial charge in [-0.2, -0.15) is 0 Å². The molecule has 3 aliphatic carbocycles. The van der Waals surface area contributed by atoms with Gasteiger partial charge in [-0.15, -0.1) is 17.2 Å². The summed E-state index contributed by atoms with van der Waals surface area (Å²) in [6, 6.07) is 0. The average molecular weight is 816 g/mol. The van der Waals surface area contributed by atoms with E-state index in [4.69, 9.17) is 14.2 Å². The second-order valence-electron chi connectivity index (χ2n) is 6.03. The Morgan fingerprint density at radius 1 is 0.556 bits per heavy atom. The van der Waals surface area contributed by atoms with E-state index in [2.05, 4.69) is 17.2 Å². The molecule has 6 radical (unpaired) electrons. The van der Waals surface area contributed by atoms with Crippen molar-refractivity contribution in [1.29, 1.82) is 0 Å². The Balaban J connectivity index is -0.000000436. The molecule has 0 amide bonds. The number of carbonyl (C=O) groups is 3. The number of allylic oxidation sites excluding steroid dienone is 6. The summed E-state index contributed by atoms with van der Waals surface area (Å²) in [5.74, 6) is -0.829. The molecule has 0 saturated carbocycles. The minimum Gasteiger partial charge on any atom is -1.00 e. The SMILES string of the molecule is CCOC(=O)C1=CC=C=C[CH]1.CCOC(=O)C1=CC=C=C[CH]1.CCOC(=O)C1=CC=C=C[CH]1.[Bi+2].[Br-].[Br-]. The van der Waals surface area contributed by atoms with Crippen molar-refractivity contribution in [3.63, 3.8) is 0 Å². The molecule has 0 aromatic heterocycles. The van der Waals surface area contributed by atoms with Crippen LogP contribution in [-0.2, 0) is 28.6 Å². The van der Waals surface area contributed by atoms with Gasteiger partial charge in [-0.3, -0.25) is 0 Å². The molecule has 0 heterocycles. The standard InChI is InChI=1S/3C9H9O2.Bi.2BrH/c3*1-2-11-9(10)8-6-4-3-5-7-8;;;/h3*4-7H,2H2,1H3;;2*1H/q;;;+2;;/p-2. The summed E-state index contributed by atoms with van der Waals surface area (Å²) < 4.78 is 14.3. The zero-order valence-corrected chi connectivity index (χ0v) is 26.9. The van der Waals surface area contributed by atoms with Gasteiger partial charge < -0.3 is 48.2 Å². The number of rotatable bonds is 6. The molecular weight excluding hydrogens is 789 g/mol. The quantitative estimate of drug-likeness (QED) is 0.132. The Bertz CT molecular complexity index is 873. The molecule has 0 N–H and O–H groups in total. The van der Waals surface area contributed by atoms with Crippen molar-refractivity contribution < 1.29 is 62.6 Å². The second-order valence-corrected chi connectivity index (χ2v) is 6.03. The molecule has 0 bridgehead atoms. The molecule has 6 nitrogen and oxygen atoms in total. The van der Waals surface area contributed by atoms with Gasteiger partial charge >= 0.3 is 44.1 Å². The molecule has 3 rings (SSSR count). The van der Waals surface area contributed by atoms with Crippen LogP contribution in [0.1, 0.15) is 20.8 Å². The third kappa shape index (κ3) is 16.7. The summed E-state index contributed by atoms with van der Waals surface area (Å²) in [6.07, 6.45) is 20.2. The van der Waals surface area contributed by atoms with Crippen molar-refractivity contribution >= 4 is 44.1 Å². The summed E-state index contributed by atoms with van der Waals surface area (Å²) in [7, 11) is 0. The normalized spacial score (nSPS) is 13.2. The zero-order valence-electron chi connectivity index (χ0n) is 20.2. The third-order valence-electron chi connectivity index (χ3n) is 3.69. The second kappa shape index (κ2) is 24.7. The van der Waals surface area contributed by atoms with Gasteiger partial charge in [0.05, 0.1) is 19.8 Å². The van der Waals surface area contributed by atoms with E-state index in [-0.39, 0.29) is 78.1 Å². The number of ether oxygens (including phenoxy) is 3. The fourth-order valence-electron chi connectivity index (χ4n) is 2.21. The van der Waals surface area contributed by atoms with E-state index in [1.54, 1.807) is 94.7 Å². The topological polar surface area (TPSA) is 78.9 Å². The Labute approximate surface area is 253 Å². The number of hydrogen-bond acceptors (Lipinski definition) is 6. The first kappa shape index (κ1) is 38.6. The Morgan fingerprint density at radius 3 is 0.972 bits per heavy atom. The van der Waals surface area contributed by atoms with Crippen LogP contribution in [0.2, 0.25) is 0 Å². The van der Waals surface area contributed by atoms with Crippen LogP contribution in [0.5, 0.6) is 0 Å². The molecule has 0 unspecified atom stereocenters. The molecule has 36 heavy (non-hydrogen) atoms. The van der Waals surface area contributed by atoms with Crippen LogP contribution in [0.25, 0.3) is 0 Å². The molecule has 0 aromatic rings. The molecule has 0 fully saturated rings. The summed E-state index contributed by atoms with van der Waals surface area (Å²) >= 11 is 0. The maximum atomic E-state index is 11.0. The molecule has 9 heteroatoms. The smallest absolute Gasteiger partial charge is 1.00 e. The van der Waals surface area contributed by atoms with E-state index in [9.17, 15) is 14.4 Å². The predicted molar refractivity (Wildman–Crippen MR) is 131 cm³/mol. The fraction of sp³-hybridized carbons (Fsp3) is 0.222. The fourth-order valence-corrected chi connectivity index (χ4v) is 2.21. The van der Waals surface area contributed by atoms with Crippen LogP contribution < -0.4 is 34.0 Å². The summed E-state index contributed by atoms with van der Waals surface area (Å²) in [5.41, 5.74) is 10.2. The molecule has 190 valence electrons. The predicted octanol–water partition coefficient (Wildman–Crippen LogP) is -2.16. The average Bonchev–Trinajstić information content (AvgIpc) is 2.87. The molecular formula is C27H27BiBr2O6. The zero-order chi connectivity index (χ0) is 24.3. The van der Waals surface area contributed by atoms with Gasteiger partial charge in [-0.25, -0.2) is 14.4 Å². The van der Waals surface area contributed by atoms with E-state index < -0.39 is 0 Å². The molecule has 0 atom stereocenters. The molecule has 0 aromatic carbocycles. The first-order valence-electron chi connectivity index (χ1n) is 10.4. The van der Waals surface area contributed by atoms with E-state index >= 15 is 0 Å². The van der Waals surface area contributed by atoms with Gasteiger partial charge in [0.2, 0.25) is 0 Å². The minimum atomic E-state index is -0.276. The van der Waals surface area contributed by atoms with Crippen molar-refractivity contribution in [3.8, 4) is 0 Å². The Kier molecular flexibility index (Phi) is 26.5. The van der Waals surface area contributed by atoms with Gasteiger partial charge in [0.25, 0.3) is 0 Å². The molecule has 0 spiro atoms. The number of hydrogen-bond donors (Lipinski definition) is 0. The molecule has 0 saturated heterocycles. The summed E-state index contributed by atoms with van der Waals surface area (Å²) in [4.78, 5) is 33.0. The van der Waals surface area contributed by atoms with Gasteiger partial charge in [0, 0.05) is 36.0 Å². The van der Waals surface area contributed by atoms with E-state index in [1.165, 1.54) is 0 Å². The number of esters is 3. The summed E-state index contributed by atoms with van der Waals surface area (Å²) in [5, 5.41) is 0. The maximum Gasteiger partial charge on any atom is 2.00 e. The third-order valence-corrected chi connectivity index (χ3v) is 3.69. The van der Waals surface area contributed by atoms with Crippen molar-refractivity contribution in [2.24, 2.45) is 0 Å². The number of carbonyl (C=O) groups excluding carboxylic acids is 3. The van der Waals surface area contributed by atoms with Crippen LogP contribution in [0.15, 0.2) is 88.6 Å². The largest absolute Gasteiger partial charge is 2.00 e. The van der Waals surface area contributed by atoms with Crippen molar-refractivity contribution in [2.75, 3.05) is 19.8 Å². The monoisotopic (exact) mass is 814 g/mol. The van der Waals surface area contributed by atoms with Gasteiger partial charge in [0.1, 0.15) is 0 Å². The van der Waals surface area contributed by atoms with Gasteiger partial charge in [-0.1, -0.05) is 0 Å². The van der Waals surface area contributed by atoms with E-state index in [0.29, 0.717) is 36.5 Å². The van der Waals surface area contributed by atoms with Crippen molar-refractivity contribution in [3.05, 3.63) is 108 Å². The van der Waals surface area contributed by atoms with Crippen molar-refractivity contribution in [1.82, 2.24) is 0 Å². The van der Waals surface area contributed by atoms with E-state index in [0.717, 1.165) is 0 Å². The van der Waals surface area contributed by atoms with Crippen LogP contribution in [0, 0.1) is 19.3 Å². The molecule has 3 aliphatic rings. The van der Waals surface area contributed by atoms with Crippen LogP contribution in [0.3, 0.4) is 0 Å². The van der Waals surface area contributed by atoms with Gasteiger partial charge in [-0.05, 0) is 75.5 Å². The molecule has 0 aliphatic heterocycles. The Morgan fingerprint density at radius 2 is 0.806 bits per heavy atom. The number of halogens is 2. The van der Waals surface area contributed by atoms with Crippen LogP contribution >= 0.6 is 0 Å². The minimum absolute atomic E-state index is 0. The van der Waals surface area contributed by atoms with Crippen LogP contribution in [-0.4, -0.2) is 63.9 Å². The maximum absolute atomic E-state index is 11.0. The Hall–Kier alpha value is -1.97. The van der Waals surface area contributed by atoms with E-state index in [1.807, 2.05) is 0 Å². The first-order valence-corrected chi connectivity index (χ1v) is 10.4. The van der Waals surface area contributed by atoms with Crippen LogP contribution in [0.4, 0.5) is 0 Å². The van der Waals surface area contributed by atoms with Gasteiger partial charge in [0.15, 0.2) is 0 Å². The first-order chi connectivity index (χ1) is 16.0. The van der Waals surface area contributed by atoms with Crippen molar-refractivity contribution in [2.45, 2.75) is 20.8 Å². The summed E-state index contributed by atoms with van der Waals surface area (Å²) in [6.45, 7) is 6.60.